The first kappa shape index (κ1) is 18.5. The molecule has 0 saturated heterocycles. The minimum Gasteiger partial charge on any atom is -0.478 e. The summed E-state index contributed by atoms with van der Waals surface area (Å²) in [7, 11) is 1.20. The summed E-state index contributed by atoms with van der Waals surface area (Å²) >= 11 is 0. The van der Waals surface area contributed by atoms with E-state index in [1.807, 2.05) is 0 Å². The quantitative estimate of drug-likeness (QED) is 0.388. The number of nitrogens with zero attached hydrogens (tertiary/aromatic N) is 8. The SMILES string of the molecule is COC(=O)/C=C\n1nnn(CCCn2nnn(/C=C/C(=O)O)c2=O)c1=O. The van der Waals surface area contributed by atoms with Crippen LogP contribution in [0.1, 0.15) is 6.42 Å². The number of carbonyl (C=O) groups excluding carboxylic acids is 1. The van der Waals surface area contributed by atoms with E-state index in [9.17, 15) is 19.2 Å². The molecule has 0 aliphatic heterocycles. The van der Waals surface area contributed by atoms with E-state index in [4.69, 9.17) is 5.11 Å². The Labute approximate surface area is 144 Å². The van der Waals surface area contributed by atoms with E-state index < -0.39 is 23.3 Å². The van der Waals surface area contributed by atoms with Crippen molar-refractivity contribution >= 4 is 24.3 Å². The van der Waals surface area contributed by atoms with Gasteiger partial charge < -0.3 is 9.84 Å². The van der Waals surface area contributed by atoms with Crippen molar-refractivity contribution in [1.82, 2.24) is 39.6 Å². The summed E-state index contributed by atoms with van der Waals surface area (Å²) in [6.45, 7) is 0.256. The van der Waals surface area contributed by atoms with Crippen LogP contribution in [0.15, 0.2) is 21.7 Å². The molecule has 138 valence electrons. The van der Waals surface area contributed by atoms with Crippen molar-refractivity contribution in [3.8, 4) is 0 Å². The Kier molecular flexibility index (Phi) is 5.92. The average Bonchev–Trinajstić information content (AvgIpc) is 3.14. The molecule has 0 spiro atoms. The molecule has 2 aromatic rings. The molecule has 2 heterocycles. The second-order valence-corrected chi connectivity index (χ2v) is 4.70. The van der Waals surface area contributed by atoms with Crippen LogP contribution in [0.25, 0.3) is 12.4 Å². The minimum absolute atomic E-state index is 0.122. The second kappa shape index (κ2) is 8.32. The lowest BCUT2D eigenvalue weighted by molar-refractivity contribution is -0.135. The van der Waals surface area contributed by atoms with Gasteiger partial charge in [0.05, 0.1) is 20.2 Å². The van der Waals surface area contributed by atoms with Gasteiger partial charge in [0, 0.05) is 24.6 Å². The van der Waals surface area contributed by atoms with Gasteiger partial charge >= 0.3 is 23.3 Å². The van der Waals surface area contributed by atoms with E-state index in [2.05, 4.69) is 25.6 Å². The van der Waals surface area contributed by atoms with Crippen LogP contribution in [0, 0.1) is 0 Å². The molecule has 0 aliphatic carbocycles. The number of methoxy groups -OCH3 is 1. The fourth-order valence-corrected chi connectivity index (χ4v) is 1.74. The van der Waals surface area contributed by atoms with Crippen molar-refractivity contribution in [2.75, 3.05) is 7.11 Å². The summed E-state index contributed by atoms with van der Waals surface area (Å²) in [5.41, 5.74) is -1.20. The number of esters is 1. The lowest BCUT2D eigenvalue weighted by Crippen LogP contribution is -2.26. The van der Waals surface area contributed by atoms with Gasteiger partial charge in [-0.1, -0.05) is 0 Å². The standard InChI is InChI=1S/C12H14N8O6/c1-26-10(23)4-8-20-12(25)18(14-16-20)6-2-5-17-11(24)19(15-13-17)7-3-9(21)22/h3-4,7-8H,2,5-6H2,1H3,(H,21,22)/b7-3+,8-4-. The van der Waals surface area contributed by atoms with Crippen LogP contribution in [0.3, 0.4) is 0 Å². The first-order chi connectivity index (χ1) is 12.4. The van der Waals surface area contributed by atoms with Crippen LogP contribution < -0.4 is 11.4 Å². The third-order valence-electron chi connectivity index (χ3n) is 2.97. The van der Waals surface area contributed by atoms with Crippen molar-refractivity contribution in [3.05, 3.63) is 33.1 Å². The minimum atomic E-state index is -1.23. The molecule has 2 rings (SSSR count). The first-order valence-corrected chi connectivity index (χ1v) is 7.14. The molecule has 0 bridgehead atoms. The smallest absolute Gasteiger partial charge is 0.367 e. The van der Waals surface area contributed by atoms with Crippen LogP contribution in [-0.2, 0) is 27.4 Å². The maximum absolute atomic E-state index is 12.0. The zero-order chi connectivity index (χ0) is 19.1. The number of ether oxygens (including phenoxy) is 1. The number of hydrogen-bond donors (Lipinski definition) is 1. The Morgan fingerprint density at radius 2 is 1.46 bits per heavy atom. The lowest BCUT2D eigenvalue weighted by atomic mass is 10.4. The molecule has 0 aromatic carbocycles. The first-order valence-electron chi connectivity index (χ1n) is 7.14. The van der Waals surface area contributed by atoms with E-state index in [-0.39, 0.29) is 13.1 Å². The lowest BCUT2D eigenvalue weighted by Gasteiger charge is -1.98. The molecule has 14 nitrogen and oxygen atoms in total. The summed E-state index contributed by atoms with van der Waals surface area (Å²) in [6, 6.07) is 0. The Morgan fingerprint density at radius 1 is 0.962 bits per heavy atom. The molecule has 2 aromatic heterocycles. The summed E-state index contributed by atoms with van der Waals surface area (Å²) in [5.74, 6) is -1.87. The number of aromatic nitrogens is 8. The average molecular weight is 366 g/mol. The molecule has 0 aliphatic rings. The van der Waals surface area contributed by atoms with Crippen LogP contribution in [0.4, 0.5) is 0 Å². The number of aryl methyl sites for hydroxylation is 2. The maximum atomic E-state index is 12.0. The van der Waals surface area contributed by atoms with Gasteiger partial charge in [-0.3, -0.25) is 0 Å². The van der Waals surface area contributed by atoms with Gasteiger partial charge in [-0.05, 0) is 27.3 Å². The predicted molar refractivity (Wildman–Crippen MR) is 83.5 cm³/mol. The van der Waals surface area contributed by atoms with Gasteiger partial charge in [0.15, 0.2) is 0 Å². The van der Waals surface area contributed by atoms with Crippen molar-refractivity contribution in [2.45, 2.75) is 19.5 Å². The van der Waals surface area contributed by atoms with Crippen molar-refractivity contribution < 1.29 is 19.4 Å². The number of carboxylic acids is 1. The molecule has 0 amide bonds. The molecular weight excluding hydrogens is 352 g/mol. The Balaban J connectivity index is 1.97. The summed E-state index contributed by atoms with van der Waals surface area (Å²) in [5, 5.41) is 22.8. The number of carbonyl (C=O) groups is 2. The van der Waals surface area contributed by atoms with E-state index in [0.29, 0.717) is 6.42 Å². The molecule has 0 saturated carbocycles. The molecule has 0 atom stereocenters. The molecule has 14 heteroatoms. The Hall–Kier alpha value is -3.84. The van der Waals surface area contributed by atoms with Crippen LogP contribution >= 0.6 is 0 Å². The zero-order valence-electron chi connectivity index (χ0n) is 13.5. The molecule has 26 heavy (non-hydrogen) atoms. The third-order valence-corrected chi connectivity index (χ3v) is 2.97. The van der Waals surface area contributed by atoms with Crippen molar-refractivity contribution in [2.24, 2.45) is 0 Å². The second-order valence-electron chi connectivity index (χ2n) is 4.70. The normalized spacial score (nSPS) is 11.4. The Morgan fingerprint density at radius 3 is 1.92 bits per heavy atom. The van der Waals surface area contributed by atoms with Crippen molar-refractivity contribution in [3.63, 3.8) is 0 Å². The Bertz CT molecular complexity index is 961. The zero-order valence-corrected chi connectivity index (χ0v) is 13.5. The number of hydrogen-bond acceptors (Lipinski definition) is 9. The number of carboxylic acid groups (broad SMARTS) is 1. The summed E-state index contributed by atoms with van der Waals surface area (Å²) in [4.78, 5) is 45.2. The molecule has 0 radical (unpaired) electrons. The van der Waals surface area contributed by atoms with Crippen LogP contribution in [0.5, 0.6) is 0 Å². The third kappa shape index (κ3) is 4.59. The number of tetrazole rings is 2. The number of aliphatic carboxylic acids is 1. The van der Waals surface area contributed by atoms with Crippen LogP contribution in [-0.4, -0.2) is 63.7 Å². The summed E-state index contributed by atoms with van der Waals surface area (Å²) in [6.07, 6.45) is 4.16. The fraction of sp³-hybridized carbons (Fsp3) is 0.333. The van der Waals surface area contributed by atoms with Gasteiger partial charge in [0.25, 0.3) is 0 Å². The highest BCUT2D eigenvalue weighted by Gasteiger charge is 2.08. The van der Waals surface area contributed by atoms with Gasteiger partial charge in [0.2, 0.25) is 0 Å². The molecule has 0 unspecified atom stereocenters. The van der Waals surface area contributed by atoms with E-state index in [1.165, 1.54) is 7.11 Å². The largest absolute Gasteiger partial charge is 0.478 e. The van der Waals surface area contributed by atoms with E-state index in [0.717, 1.165) is 43.3 Å². The van der Waals surface area contributed by atoms with Gasteiger partial charge in [-0.15, -0.1) is 0 Å². The highest BCUT2D eigenvalue weighted by Crippen LogP contribution is 1.89. The predicted octanol–water partition coefficient (Wildman–Crippen LogP) is -2.52. The van der Waals surface area contributed by atoms with Gasteiger partial charge in [-0.2, -0.15) is 18.7 Å². The topological polar surface area (TPSA) is 169 Å². The maximum Gasteiger partial charge on any atom is 0.367 e. The molecule has 0 fully saturated rings. The molecular formula is C12H14N8O6. The fourth-order valence-electron chi connectivity index (χ4n) is 1.74. The van der Waals surface area contributed by atoms with E-state index in [1.54, 1.807) is 0 Å². The van der Waals surface area contributed by atoms with Crippen LogP contribution in [0.2, 0.25) is 0 Å². The monoisotopic (exact) mass is 366 g/mol. The van der Waals surface area contributed by atoms with Gasteiger partial charge in [-0.25, -0.2) is 19.2 Å². The molecule has 1 N–H and O–H groups in total. The summed E-state index contributed by atoms with van der Waals surface area (Å²) < 4.78 is 8.08. The van der Waals surface area contributed by atoms with E-state index >= 15 is 0 Å². The van der Waals surface area contributed by atoms with Gasteiger partial charge in [0.1, 0.15) is 0 Å². The van der Waals surface area contributed by atoms with Crippen molar-refractivity contribution in [1.29, 1.82) is 0 Å². The highest BCUT2D eigenvalue weighted by molar-refractivity contribution is 5.84. The highest BCUT2D eigenvalue weighted by atomic mass is 16.5. The number of rotatable bonds is 8.